The molecule has 11 unspecified atom stereocenters. The van der Waals surface area contributed by atoms with Crippen LogP contribution in [-0.4, -0.2) is 26.2 Å². The second kappa shape index (κ2) is 4.54. The molecule has 0 amide bonds. The third-order valence-electron chi connectivity index (χ3n) is 11.6. The Bertz CT molecular complexity index is 679. The van der Waals surface area contributed by atoms with Crippen molar-refractivity contribution in [3.8, 4) is 0 Å². The van der Waals surface area contributed by atoms with Crippen LogP contribution < -0.4 is 0 Å². The van der Waals surface area contributed by atoms with Crippen LogP contribution in [0.3, 0.4) is 0 Å². The SMILES string of the molecule is OC12CCC34CC5CC3C(O)(C4)C1(S)C1CC(CCC5C1)C1CCC2C1. The Hall–Kier alpha value is 0.270. The van der Waals surface area contributed by atoms with E-state index in [1.807, 2.05) is 0 Å². The molecule has 8 aliphatic carbocycles. The Morgan fingerprint density at radius 3 is 2.12 bits per heavy atom. The van der Waals surface area contributed by atoms with Gasteiger partial charge in [-0.3, -0.25) is 0 Å². The van der Waals surface area contributed by atoms with E-state index in [1.165, 1.54) is 57.8 Å². The summed E-state index contributed by atoms with van der Waals surface area (Å²) in [5.74, 6) is 4.56. The zero-order chi connectivity index (χ0) is 17.5. The summed E-state index contributed by atoms with van der Waals surface area (Å²) < 4.78 is -0.569. The monoisotopic (exact) mass is 374 g/mol. The summed E-state index contributed by atoms with van der Waals surface area (Å²) in [5, 5.41) is 24.6. The Kier molecular flexibility index (Phi) is 2.81. The molecule has 0 aromatic carbocycles. The van der Waals surface area contributed by atoms with Gasteiger partial charge in [-0.05, 0) is 124 Å². The zero-order valence-corrected chi connectivity index (χ0v) is 16.8. The average Bonchev–Trinajstić information content (AvgIpc) is 3.13. The predicted molar refractivity (Wildman–Crippen MR) is 104 cm³/mol. The van der Waals surface area contributed by atoms with Gasteiger partial charge in [0.2, 0.25) is 0 Å². The van der Waals surface area contributed by atoms with Crippen LogP contribution >= 0.6 is 12.6 Å². The Labute approximate surface area is 162 Å². The summed E-state index contributed by atoms with van der Waals surface area (Å²) in [6.07, 6.45) is 14.6. The van der Waals surface area contributed by atoms with Gasteiger partial charge in [-0.25, -0.2) is 0 Å². The topological polar surface area (TPSA) is 40.5 Å². The maximum atomic E-state index is 12.4. The summed E-state index contributed by atoms with van der Waals surface area (Å²) in [5.41, 5.74) is -1.11. The van der Waals surface area contributed by atoms with Crippen molar-refractivity contribution >= 4 is 12.6 Å². The second-order valence-corrected chi connectivity index (χ2v) is 12.6. The fourth-order valence-corrected chi connectivity index (χ4v) is 11.4. The van der Waals surface area contributed by atoms with E-state index in [0.717, 1.165) is 42.9 Å². The Balaban J connectivity index is 1.52. The van der Waals surface area contributed by atoms with E-state index in [9.17, 15) is 10.2 Å². The molecule has 11 atom stereocenters. The number of rotatable bonds is 0. The fraction of sp³-hybridized carbons (Fsp3) is 1.00. The molecular formula is C23H34O2S. The number of fused-ring (bicyclic) bond motifs is 8. The third-order valence-corrected chi connectivity index (χ3v) is 12.8. The summed E-state index contributed by atoms with van der Waals surface area (Å²) >= 11 is 5.48. The zero-order valence-electron chi connectivity index (χ0n) is 15.9. The van der Waals surface area contributed by atoms with Crippen LogP contribution in [0.2, 0.25) is 0 Å². The number of hydrogen-bond donors (Lipinski definition) is 3. The van der Waals surface area contributed by atoms with Crippen molar-refractivity contribution < 1.29 is 10.2 Å². The summed E-state index contributed by atoms with van der Waals surface area (Å²) in [6, 6.07) is 0. The van der Waals surface area contributed by atoms with Crippen LogP contribution in [0.5, 0.6) is 0 Å². The van der Waals surface area contributed by atoms with Gasteiger partial charge in [0.25, 0.3) is 0 Å². The molecule has 0 aromatic rings. The molecule has 8 saturated carbocycles. The summed E-state index contributed by atoms with van der Waals surface area (Å²) in [4.78, 5) is 0. The first-order chi connectivity index (χ1) is 12.4. The van der Waals surface area contributed by atoms with Crippen molar-refractivity contribution in [3.05, 3.63) is 0 Å². The number of hydrogen-bond acceptors (Lipinski definition) is 3. The minimum absolute atomic E-state index is 0.343. The highest BCUT2D eigenvalue weighted by molar-refractivity contribution is 7.82. The van der Waals surface area contributed by atoms with Crippen LogP contribution in [0.4, 0.5) is 0 Å². The van der Waals surface area contributed by atoms with Crippen LogP contribution in [0.1, 0.15) is 77.0 Å². The molecule has 0 heterocycles. The van der Waals surface area contributed by atoms with Crippen molar-refractivity contribution in [3.63, 3.8) is 0 Å². The normalized spacial score (nSPS) is 70.0. The van der Waals surface area contributed by atoms with E-state index in [1.54, 1.807) is 0 Å². The lowest BCUT2D eigenvalue weighted by molar-refractivity contribution is -0.233. The molecule has 0 radical (unpaired) electrons. The number of thiol groups is 1. The predicted octanol–water partition coefficient (Wildman–Crippen LogP) is 4.19. The van der Waals surface area contributed by atoms with Gasteiger partial charge in [-0.2, -0.15) is 12.6 Å². The highest BCUT2D eigenvalue weighted by Crippen LogP contribution is 2.79. The molecule has 0 aromatic heterocycles. The van der Waals surface area contributed by atoms with Gasteiger partial charge in [0.05, 0.1) is 15.9 Å². The highest BCUT2D eigenvalue weighted by Gasteiger charge is 2.81. The van der Waals surface area contributed by atoms with Crippen LogP contribution in [-0.2, 0) is 0 Å². The molecule has 8 rings (SSSR count). The summed E-state index contributed by atoms with van der Waals surface area (Å²) in [7, 11) is 0. The van der Waals surface area contributed by atoms with Gasteiger partial charge in [0.1, 0.15) is 0 Å². The largest absolute Gasteiger partial charge is 0.388 e. The van der Waals surface area contributed by atoms with E-state index in [0.29, 0.717) is 23.2 Å². The molecule has 1 spiro atoms. The van der Waals surface area contributed by atoms with Crippen LogP contribution in [0.15, 0.2) is 0 Å². The fourth-order valence-electron chi connectivity index (χ4n) is 10.6. The quantitative estimate of drug-likeness (QED) is 0.556. The van der Waals surface area contributed by atoms with Crippen molar-refractivity contribution in [2.75, 3.05) is 0 Å². The molecule has 10 bridgehead atoms. The molecule has 144 valence electrons. The van der Waals surface area contributed by atoms with Gasteiger partial charge in [0.15, 0.2) is 0 Å². The van der Waals surface area contributed by atoms with Crippen LogP contribution in [0.25, 0.3) is 0 Å². The van der Waals surface area contributed by atoms with Gasteiger partial charge in [-0.1, -0.05) is 0 Å². The minimum atomic E-state index is -0.745. The van der Waals surface area contributed by atoms with Gasteiger partial charge >= 0.3 is 0 Å². The molecule has 2 nitrogen and oxygen atoms in total. The first-order valence-electron chi connectivity index (χ1n) is 11.6. The standard InChI is InChI=1S/C23H34O2S/c24-21-6-5-20-11-16-10-19(20)22(25,12-20)23(21,26)18-8-13(1-2-15(16)9-18)14-3-4-17(21)7-14/h13-19,24-26H,1-12H2. The van der Waals surface area contributed by atoms with E-state index in [-0.39, 0.29) is 0 Å². The molecule has 3 heteroatoms. The van der Waals surface area contributed by atoms with Crippen LogP contribution in [0, 0.1) is 46.8 Å². The maximum absolute atomic E-state index is 12.4. The molecular weight excluding hydrogens is 340 g/mol. The maximum Gasteiger partial charge on any atom is 0.0860 e. The highest BCUT2D eigenvalue weighted by atomic mass is 32.1. The van der Waals surface area contributed by atoms with E-state index >= 15 is 0 Å². The van der Waals surface area contributed by atoms with Gasteiger partial charge < -0.3 is 10.2 Å². The summed E-state index contributed by atoms with van der Waals surface area (Å²) in [6.45, 7) is 0. The second-order valence-electron chi connectivity index (χ2n) is 11.9. The van der Waals surface area contributed by atoms with E-state index in [4.69, 9.17) is 12.6 Å². The first kappa shape index (κ1) is 16.1. The van der Waals surface area contributed by atoms with Gasteiger partial charge in [-0.15, -0.1) is 0 Å². The molecule has 2 N–H and O–H groups in total. The minimum Gasteiger partial charge on any atom is -0.388 e. The Morgan fingerprint density at radius 1 is 0.692 bits per heavy atom. The molecule has 8 fully saturated rings. The third kappa shape index (κ3) is 1.48. The molecule has 0 saturated heterocycles. The van der Waals surface area contributed by atoms with Crippen molar-refractivity contribution in [2.24, 2.45) is 46.8 Å². The lowest BCUT2D eigenvalue weighted by atomic mass is 9.45. The molecule has 26 heavy (non-hydrogen) atoms. The molecule has 8 aliphatic rings. The van der Waals surface area contributed by atoms with Crippen molar-refractivity contribution in [1.82, 2.24) is 0 Å². The van der Waals surface area contributed by atoms with E-state index < -0.39 is 15.9 Å². The smallest absolute Gasteiger partial charge is 0.0860 e. The van der Waals surface area contributed by atoms with Gasteiger partial charge in [0, 0.05) is 0 Å². The lowest BCUT2D eigenvalue weighted by Crippen LogP contribution is -2.76. The average molecular weight is 375 g/mol. The Morgan fingerprint density at radius 2 is 1.35 bits per heavy atom. The molecule has 0 aliphatic heterocycles. The van der Waals surface area contributed by atoms with Crippen molar-refractivity contribution in [2.45, 2.75) is 93.0 Å². The number of aliphatic hydroxyl groups is 2. The lowest BCUT2D eigenvalue weighted by Gasteiger charge is -2.67. The first-order valence-corrected chi connectivity index (χ1v) is 12.0. The van der Waals surface area contributed by atoms with Crippen molar-refractivity contribution in [1.29, 1.82) is 0 Å². The van der Waals surface area contributed by atoms with E-state index in [2.05, 4.69) is 0 Å².